The maximum atomic E-state index is 8.87. The smallest absolute Gasteiger partial charge is 0.134 e. The minimum Gasteiger partial charge on any atom is -0.394 e. The highest BCUT2D eigenvalue weighted by Crippen LogP contribution is 2.20. The summed E-state index contributed by atoms with van der Waals surface area (Å²) < 4.78 is 5.54. The number of rotatable bonds is 2. The molecule has 1 saturated heterocycles. The van der Waals surface area contributed by atoms with Crippen LogP contribution in [0.1, 0.15) is 11.8 Å². The Morgan fingerprint density at radius 1 is 1.38 bits per heavy atom. The van der Waals surface area contributed by atoms with E-state index in [1.807, 2.05) is 30.3 Å². The first-order valence-electron chi connectivity index (χ1n) is 4.45. The number of nitrogens with one attached hydrogen (secondary N) is 1. The minimum absolute atomic E-state index is 0.0571. The number of ether oxygens (including phenoxy) is 1. The van der Waals surface area contributed by atoms with Crippen LogP contribution in [0.15, 0.2) is 30.3 Å². The van der Waals surface area contributed by atoms with E-state index in [0.29, 0.717) is 0 Å². The third-order valence-electron chi connectivity index (χ3n) is 2.17. The normalized spacial score (nSPS) is 27.8. The zero-order chi connectivity index (χ0) is 9.10. The van der Waals surface area contributed by atoms with E-state index < -0.39 is 0 Å². The topological polar surface area (TPSA) is 41.5 Å². The highest BCUT2D eigenvalue weighted by Gasteiger charge is 2.24. The van der Waals surface area contributed by atoms with Crippen LogP contribution in [-0.4, -0.2) is 24.4 Å². The molecule has 1 aliphatic heterocycles. The average molecular weight is 179 g/mol. The molecule has 2 N–H and O–H groups in total. The molecule has 0 aliphatic carbocycles. The Morgan fingerprint density at radius 3 is 2.77 bits per heavy atom. The molecule has 0 spiro atoms. The third-order valence-corrected chi connectivity index (χ3v) is 2.17. The molecule has 3 nitrogen and oxygen atoms in total. The number of aliphatic hydroxyl groups is 1. The zero-order valence-electron chi connectivity index (χ0n) is 7.31. The second kappa shape index (κ2) is 3.87. The second-order valence-electron chi connectivity index (χ2n) is 3.14. The first kappa shape index (κ1) is 8.69. The van der Waals surface area contributed by atoms with Gasteiger partial charge in [-0.3, -0.25) is 5.32 Å². The molecule has 0 bridgehead atoms. The van der Waals surface area contributed by atoms with Crippen molar-refractivity contribution in [1.29, 1.82) is 0 Å². The summed E-state index contributed by atoms with van der Waals surface area (Å²) in [6, 6.07) is 9.95. The van der Waals surface area contributed by atoms with E-state index in [9.17, 15) is 0 Å². The maximum absolute atomic E-state index is 8.87. The fraction of sp³-hybridized carbons (Fsp3) is 0.400. The van der Waals surface area contributed by atoms with Crippen molar-refractivity contribution in [1.82, 2.24) is 5.32 Å². The van der Waals surface area contributed by atoms with Crippen molar-refractivity contribution < 1.29 is 9.84 Å². The fourth-order valence-electron chi connectivity index (χ4n) is 1.46. The molecule has 2 rings (SSSR count). The maximum Gasteiger partial charge on any atom is 0.134 e. The summed E-state index contributed by atoms with van der Waals surface area (Å²) in [7, 11) is 0. The first-order valence-corrected chi connectivity index (χ1v) is 4.45. The van der Waals surface area contributed by atoms with Crippen LogP contribution >= 0.6 is 0 Å². The van der Waals surface area contributed by atoms with Crippen LogP contribution in [-0.2, 0) is 4.74 Å². The highest BCUT2D eigenvalue weighted by atomic mass is 16.5. The van der Waals surface area contributed by atoms with Gasteiger partial charge in [0.25, 0.3) is 0 Å². The molecular weight excluding hydrogens is 166 g/mol. The molecule has 1 heterocycles. The van der Waals surface area contributed by atoms with Crippen LogP contribution in [0, 0.1) is 0 Å². The van der Waals surface area contributed by atoms with Crippen LogP contribution in [0.5, 0.6) is 0 Å². The summed E-state index contributed by atoms with van der Waals surface area (Å²) in [5.41, 5.74) is 1.11. The summed E-state index contributed by atoms with van der Waals surface area (Å²) in [6.07, 6.45) is -0.122. The SMILES string of the molecule is OCC1CNC(c2ccccc2)O1. The van der Waals surface area contributed by atoms with Crippen LogP contribution in [0.3, 0.4) is 0 Å². The second-order valence-corrected chi connectivity index (χ2v) is 3.14. The Labute approximate surface area is 77.3 Å². The standard InChI is InChI=1S/C10H13NO2/c12-7-9-6-11-10(13-9)8-4-2-1-3-5-8/h1-5,9-12H,6-7H2. The molecule has 70 valence electrons. The fourth-order valence-corrected chi connectivity index (χ4v) is 1.46. The van der Waals surface area contributed by atoms with E-state index in [-0.39, 0.29) is 18.9 Å². The van der Waals surface area contributed by atoms with Crippen LogP contribution in [0.2, 0.25) is 0 Å². The molecule has 1 aromatic carbocycles. The zero-order valence-corrected chi connectivity index (χ0v) is 7.31. The number of hydrogen-bond acceptors (Lipinski definition) is 3. The van der Waals surface area contributed by atoms with Crippen molar-refractivity contribution in [2.75, 3.05) is 13.2 Å². The Balaban J connectivity index is 2.04. The Morgan fingerprint density at radius 2 is 2.15 bits per heavy atom. The summed E-state index contributed by atoms with van der Waals surface area (Å²) in [6.45, 7) is 0.798. The Bertz CT molecular complexity index is 263. The molecule has 2 unspecified atom stereocenters. The van der Waals surface area contributed by atoms with Gasteiger partial charge in [-0.2, -0.15) is 0 Å². The van der Waals surface area contributed by atoms with Gasteiger partial charge in [0.15, 0.2) is 0 Å². The monoisotopic (exact) mass is 179 g/mol. The highest BCUT2D eigenvalue weighted by molar-refractivity contribution is 5.17. The molecule has 0 aromatic heterocycles. The number of hydrogen-bond donors (Lipinski definition) is 2. The van der Waals surface area contributed by atoms with E-state index in [2.05, 4.69) is 5.32 Å². The predicted molar refractivity (Wildman–Crippen MR) is 49.1 cm³/mol. The summed E-state index contributed by atoms with van der Waals surface area (Å²) in [4.78, 5) is 0. The van der Waals surface area contributed by atoms with Crippen molar-refractivity contribution >= 4 is 0 Å². The Hall–Kier alpha value is -0.900. The van der Waals surface area contributed by atoms with Gasteiger partial charge in [0.1, 0.15) is 6.23 Å². The van der Waals surface area contributed by atoms with Gasteiger partial charge in [0.05, 0.1) is 12.7 Å². The van der Waals surface area contributed by atoms with E-state index in [4.69, 9.17) is 9.84 Å². The molecule has 0 saturated carbocycles. The summed E-state index contributed by atoms with van der Waals surface area (Å²) in [5, 5.41) is 12.1. The molecule has 1 aromatic rings. The van der Waals surface area contributed by atoms with Crippen molar-refractivity contribution in [3.63, 3.8) is 0 Å². The molecule has 0 radical (unpaired) electrons. The molecule has 1 aliphatic rings. The van der Waals surface area contributed by atoms with Gasteiger partial charge < -0.3 is 9.84 Å². The van der Waals surface area contributed by atoms with Gasteiger partial charge in [0.2, 0.25) is 0 Å². The van der Waals surface area contributed by atoms with Crippen molar-refractivity contribution in [3.8, 4) is 0 Å². The number of aliphatic hydroxyl groups excluding tert-OH is 1. The van der Waals surface area contributed by atoms with Crippen LogP contribution < -0.4 is 5.32 Å². The van der Waals surface area contributed by atoms with Crippen LogP contribution in [0.4, 0.5) is 0 Å². The lowest BCUT2D eigenvalue weighted by molar-refractivity contribution is 0.0100. The van der Waals surface area contributed by atoms with Gasteiger partial charge >= 0.3 is 0 Å². The van der Waals surface area contributed by atoms with E-state index in [1.54, 1.807) is 0 Å². The first-order chi connectivity index (χ1) is 6.40. The average Bonchev–Trinajstić information content (AvgIpc) is 2.67. The van der Waals surface area contributed by atoms with Gasteiger partial charge in [-0.05, 0) is 5.56 Å². The lowest BCUT2D eigenvalue weighted by atomic mass is 10.2. The molecule has 0 amide bonds. The summed E-state index contributed by atoms with van der Waals surface area (Å²) >= 11 is 0. The van der Waals surface area contributed by atoms with Gasteiger partial charge in [-0.25, -0.2) is 0 Å². The van der Waals surface area contributed by atoms with Crippen LogP contribution in [0.25, 0.3) is 0 Å². The van der Waals surface area contributed by atoms with Crippen molar-refractivity contribution in [3.05, 3.63) is 35.9 Å². The van der Waals surface area contributed by atoms with Crippen molar-refractivity contribution in [2.24, 2.45) is 0 Å². The third kappa shape index (κ3) is 1.88. The summed E-state index contributed by atoms with van der Waals surface area (Å²) in [5.74, 6) is 0. The quantitative estimate of drug-likeness (QED) is 0.701. The van der Waals surface area contributed by atoms with Crippen molar-refractivity contribution in [2.45, 2.75) is 12.3 Å². The predicted octanol–water partition coefficient (Wildman–Crippen LogP) is 0.666. The molecule has 13 heavy (non-hydrogen) atoms. The van der Waals surface area contributed by atoms with Gasteiger partial charge in [-0.15, -0.1) is 0 Å². The minimum atomic E-state index is -0.0646. The molecule has 3 heteroatoms. The van der Waals surface area contributed by atoms with Gasteiger partial charge in [-0.1, -0.05) is 30.3 Å². The molecule has 2 atom stereocenters. The lowest BCUT2D eigenvalue weighted by Crippen LogP contribution is -2.17. The lowest BCUT2D eigenvalue weighted by Gasteiger charge is -2.11. The Kier molecular flexibility index (Phi) is 2.59. The largest absolute Gasteiger partial charge is 0.394 e. The molecular formula is C10H13NO2. The van der Waals surface area contributed by atoms with Gasteiger partial charge in [0, 0.05) is 6.54 Å². The van der Waals surface area contributed by atoms with E-state index in [1.165, 1.54) is 0 Å². The van der Waals surface area contributed by atoms with E-state index in [0.717, 1.165) is 12.1 Å². The molecule has 1 fully saturated rings. The number of benzene rings is 1. The van der Waals surface area contributed by atoms with E-state index >= 15 is 0 Å².